The highest BCUT2D eigenvalue weighted by Gasteiger charge is 2.25. The van der Waals surface area contributed by atoms with Crippen molar-refractivity contribution in [3.8, 4) is 0 Å². The number of benzene rings is 1. The van der Waals surface area contributed by atoms with Crippen molar-refractivity contribution < 1.29 is 31.7 Å². The van der Waals surface area contributed by atoms with Crippen molar-refractivity contribution in [3.05, 3.63) is 60.4 Å². The fraction of sp³-hybridized carbons (Fsp3) is 0.703. The highest BCUT2D eigenvalue weighted by atomic mass is 32.2. The third-order valence-electron chi connectivity index (χ3n) is 8.20. The third-order valence-corrected chi connectivity index (χ3v) is 9.05. The lowest BCUT2D eigenvalue weighted by atomic mass is 10.0. The molecule has 2 aromatic rings. The molecule has 0 amide bonds. The van der Waals surface area contributed by atoms with Crippen LogP contribution >= 0.6 is 0 Å². The Morgan fingerprint density at radius 1 is 0.778 bits per heavy atom. The molecule has 45 heavy (non-hydrogen) atoms. The van der Waals surface area contributed by atoms with Crippen LogP contribution in [-0.2, 0) is 30.9 Å². The molecule has 0 bridgehead atoms. The summed E-state index contributed by atoms with van der Waals surface area (Å²) in [6.45, 7) is 7.42. The summed E-state index contributed by atoms with van der Waals surface area (Å²) in [7, 11) is -4.27. The Hall–Kier alpha value is -1.84. The quantitative estimate of drug-likeness (QED) is 0.0644. The van der Waals surface area contributed by atoms with E-state index in [-0.39, 0.29) is 17.3 Å². The second kappa shape index (κ2) is 25.3. The van der Waals surface area contributed by atoms with E-state index in [2.05, 4.69) is 42.1 Å². The van der Waals surface area contributed by atoms with Gasteiger partial charge < -0.3 is 18.8 Å². The molecule has 1 aliphatic heterocycles. The number of hydrogen-bond donors (Lipinski definition) is 0. The van der Waals surface area contributed by atoms with Gasteiger partial charge in [-0.25, -0.2) is 13.0 Å². The van der Waals surface area contributed by atoms with Gasteiger partial charge in [0.05, 0.1) is 18.1 Å². The Morgan fingerprint density at radius 2 is 1.33 bits per heavy atom. The van der Waals surface area contributed by atoms with Gasteiger partial charge in [-0.1, -0.05) is 114 Å². The van der Waals surface area contributed by atoms with E-state index in [9.17, 15) is 13.0 Å². The SMILES string of the molecule is CCCCCCCCCCCCCCC[C@@H]1OC[C@@H](COCCCCCC[n+]2ccccc2)O1.Cc1ccc(S(=O)(=O)[O-])cc1. The van der Waals surface area contributed by atoms with Gasteiger partial charge in [0.25, 0.3) is 0 Å². The lowest BCUT2D eigenvalue weighted by molar-refractivity contribution is -0.697. The first-order chi connectivity index (χ1) is 21.9. The van der Waals surface area contributed by atoms with Crippen LogP contribution in [0.1, 0.15) is 128 Å². The minimum absolute atomic E-state index is 0.00297. The lowest BCUT2D eigenvalue weighted by Crippen LogP contribution is -2.32. The molecule has 0 saturated carbocycles. The van der Waals surface area contributed by atoms with Gasteiger partial charge in [0, 0.05) is 25.2 Å². The molecule has 7 nitrogen and oxygen atoms in total. The van der Waals surface area contributed by atoms with Crippen molar-refractivity contribution in [2.24, 2.45) is 0 Å². The molecule has 8 heteroatoms. The molecule has 3 rings (SSSR count). The maximum atomic E-state index is 10.4. The fourth-order valence-corrected chi connectivity index (χ4v) is 5.90. The molecule has 0 unspecified atom stereocenters. The standard InChI is InChI=1S/C30H54NO3.C7H8O3S/c1-2-3-4-5-6-7-8-9-10-11-12-13-17-22-30-33-28-29(34-30)27-32-26-21-15-14-18-23-31-24-19-16-20-25-31;1-6-2-4-7(5-3-6)11(8,9)10/h16,19-20,24-25,29-30H,2-15,17-18,21-23,26-28H2,1H3;2-5H,1H3,(H,8,9,10)/q+1;/p-1/t29-,30-;/m1./s1. The Kier molecular flexibility index (Phi) is 22.1. The van der Waals surface area contributed by atoms with Crippen LogP contribution in [0.4, 0.5) is 0 Å². The van der Waals surface area contributed by atoms with E-state index in [4.69, 9.17) is 14.2 Å². The number of hydrogen-bond acceptors (Lipinski definition) is 6. The van der Waals surface area contributed by atoms with E-state index in [0.717, 1.165) is 31.6 Å². The number of unbranched alkanes of at least 4 members (excludes halogenated alkanes) is 15. The Balaban J connectivity index is 0.000000537. The van der Waals surface area contributed by atoms with E-state index in [1.165, 1.54) is 115 Å². The maximum Gasteiger partial charge on any atom is 0.168 e. The Labute approximate surface area is 274 Å². The van der Waals surface area contributed by atoms with Gasteiger partial charge in [-0.05, 0) is 44.7 Å². The third kappa shape index (κ3) is 20.8. The summed E-state index contributed by atoms with van der Waals surface area (Å²) < 4.78 is 51.1. The number of ether oxygens (including phenoxy) is 3. The molecule has 1 aromatic heterocycles. The van der Waals surface area contributed by atoms with Gasteiger partial charge in [-0.2, -0.15) is 0 Å². The zero-order chi connectivity index (χ0) is 32.4. The number of aromatic nitrogens is 1. The number of pyridine rings is 1. The second-order valence-electron chi connectivity index (χ2n) is 12.4. The summed E-state index contributed by atoms with van der Waals surface area (Å²) in [5, 5.41) is 0. The van der Waals surface area contributed by atoms with Gasteiger partial charge in [0.2, 0.25) is 0 Å². The van der Waals surface area contributed by atoms with Crippen molar-refractivity contribution in [3.63, 3.8) is 0 Å². The summed E-state index contributed by atoms with van der Waals surface area (Å²) >= 11 is 0. The summed E-state index contributed by atoms with van der Waals surface area (Å²) in [6.07, 6.45) is 28.4. The minimum Gasteiger partial charge on any atom is -0.744 e. The van der Waals surface area contributed by atoms with E-state index in [0.29, 0.717) is 13.2 Å². The molecule has 1 aliphatic rings. The molecule has 2 atom stereocenters. The monoisotopic (exact) mass is 647 g/mol. The Bertz CT molecular complexity index is 1060. The lowest BCUT2D eigenvalue weighted by Gasteiger charge is -2.12. The highest BCUT2D eigenvalue weighted by molar-refractivity contribution is 7.85. The Morgan fingerprint density at radius 3 is 1.93 bits per heavy atom. The summed E-state index contributed by atoms with van der Waals surface area (Å²) in [6, 6.07) is 12.0. The van der Waals surface area contributed by atoms with Crippen LogP contribution in [0.25, 0.3) is 0 Å². The van der Waals surface area contributed by atoms with Crippen LogP contribution in [0.5, 0.6) is 0 Å². The van der Waals surface area contributed by atoms with Gasteiger partial charge in [-0.15, -0.1) is 0 Å². The zero-order valence-electron chi connectivity index (χ0n) is 28.2. The van der Waals surface area contributed by atoms with Crippen LogP contribution in [0.3, 0.4) is 0 Å². The molecule has 1 aromatic carbocycles. The summed E-state index contributed by atoms with van der Waals surface area (Å²) in [5.74, 6) is 0. The first-order valence-electron chi connectivity index (χ1n) is 17.7. The smallest absolute Gasteiger partial charge is 0.168 e. The number of aryl methyl sites for hydroxylation is 2. The fourth-order valence-electron chi connectivity index (χ4n) is 5.43. The van der Waals surface area contributed by atoms with Crippen molar-refractivity contribution in [1.29, 1.82) is 0 Å². The van der Waals surface area contributed by atoms with Gasteiger partial charge in [0.15, 0.2) is 18.7 Å². The molecule has 0 spiro atoms. The normalized spacial score (nSPS) is 16.4. The second-order valence-corrected chi connectivity index (χ2v) is 13.8. The molecule has 0 aliphatic carbocycles. The topological polar surface area (TPSA) is 88.8 Å². The van der Waals surface area contributed by atoms with Gasteiger partial charge >= 0.3 is 0 Å². The predicted molar refractivity (Wildman–Crippen MR) is 180 cm³/mol. The molecule has 2 heterocycles. The first kappa shape index (κ1) is 39.3. The number of rotatable bonds is 24. The van der Waals surface area contributed by atoms with E-state index < -0.39 is 10.1 Å². The minimum atomic E-state index is -4.27. The average Bonchev–Trinajstić information content (AvgIpc) is 3.49. The van der Waals surface area contributed by atoms with Crippen LogP contribution in [0.2, 0.25) is 0 Å². The largest absolute Gasteiger partial charge is 0.744 e. The molecule has 256 valence electrons. The molecule has 1 fully saturated rings. The molecule has 0 radical (unpaired) electrons. The molecule has 1 saturated heterocycles. The van der Waals surface area contributed by atoms with Crippen molar-refractivity contribution in [2.45, 2.75) is 153 Å². The summed E-state index contributed by atoms with van der Waals surface area (Å²) in [4.78, 5) is -0.178. The molecular formula is C37H61NO6S. The predicted octanol–water partition coefficient (Wildman–Crippen LogP) is 8.67. The highest BCUT2D eigenvalue weighted by Crippen LogP contribution is 2.19. The van der Waals surface area contributed by atoms with Gasteiger partial charge in [-0.3, -0.25) is 0 Å². The van der Waals surface area contributed by atoms with Crippen molar-refractivity contribution in [1.82, 2.24) is 0 Å². The van der Waals surface area contributed by atoms with E-state index in [1.54, 1.807) is 12.1 Å². The van der Waals surface area contributed by atoms with Crippen LogP contribution < -0.4 is 4.57 Å². The maximum absolute atomic E-state index is 10.4. The van der Waals surface area contributed by atoms with Crippen LogP contribution in [-0.4, -0.2) is 45.2 Å². The van der Waals surface area contributed by atoms with Gasteiger partial charge in [0.1, 0.15) is 22.8 Å². The van der Waals surface area contributed by atoms with E-state index in [1.807, 2.05) is 6.92 Å². The summed E-state index contributed by atoms with van der Waals surface area (Å²) in [5.41, 5.74) is 0.928. The van der Waals surface area contributed by atoms with Crippen LogP contribution in [0, 0.1) is 6.92 Å². The molecule has 0 N–H and O–H groups in total. The average molecular weight is 648 g/mol. The zero-order valence-corrected chi connectivity index (χ0v) is 29.0. The first-order valence-corrected chi connectivity index (χ1v) is 19.1. The van der Waals surface area contributed by atoms with Crippen molar-refractivity contribution >= 4 is 10.1 Å². The van der Waals surface area contributed by atoms with E-state index >= 15 is 0 Å². The molecular weight excluding hydrogens is 586 g/mol. The van der Waals surface area contributed by atoms with Crippen molar-refractivity contribution in [2.75, 3.05) is 19.8 Å². The van der Waals surface area contributed by atoms with Crippen LogP contribution in [0.15, 0.2) is 59.8 Å². The number of nitrogens with zero attached hydrogens (tertiary/aromatic N) is 1.